The molecule has 1 unspecified atom stereocenters. The number of hydrogen-bond donors (Lipinski definition) is 1. The number of rotatable bonds is 7. The predicted molar refractivity (Wildman–Crippen MR) is 85.2 cm³/mol. The summed E-state index contributed by atoms with van der Waals surface area (Å²) < 4.78 is 11.2. The van der Waals surface area contributed by atoms with Gasteiger partial charge in [0.25, 0.3) is 0 Å². The molecule has 0 radical (unpaired) electrons. The second-order valence-electron chi connectivity index (χ2n) is 6.49. The topological polar surface area (TPSA) is 33.7 Å². The summed E-state index contributed by atoms with van der Waals surface area (Å²) in [7, 11) is 3.88. The molecule has 1 aromatic rings. The number of para-hydroxylation sites is 2. The summed E-state index contributed by atoms with van der Waals surface area (Å²) >= 11 is 0. The van der Waals surface area contributed by atoms with Crippen LogP contribution in [-0.4, -0.2) is 46.5 Å². The minimum absolute atomic E-state index is 0.220. The van der Waals surface area contributed by atoms with Crippen molar-refractivity contribution < 1.29 is 9.47 Å². The molecule has 0 bridgehead atoms. The largest absolute Gasteiger partial charge is 0.495 e. The van der Waals surface area contributed by atoms with Gasteiger partial charge in [-0.3, -0.25) is 0 Å². The minimum atomic E-state index is 0.220. The average Bonchev–Trinajstić information content (AvgIpc) is 3.24. The normalized spacial score (nSPS) is 25.0. The third kappa shape index (κ3) is 3.50. The van der Waals surface area contributed by atoms with E-state index in [1.807, 2.05) is 12.1 Å². The summed E-state index contributed by atoms with van der Waals surface area (Å²) in [4.78, 5) is 2.31. The number of benzene rings is 1. The maximum absolute atomic E-state index is 5.71. The van der Waals surface area contributed by atoms with E-state index in [1.165, 1.54) is 12.8 Å². The van der Waals surface area contributed by atoms with E-state index in [-0.39, 0.29) is 5.41 Å². The third-order valence-electron chi connectivity index (χ3n) is 4.60. The Morgan fingerprint density at radius 1 is 1.38 bits per heavy atom. The molecule has 4 nitrogen and oxygen atoms in total. The molecular formula is C17H26N2O2. The molecule has 1 aromatic carbocycles. The van der Waals surface area contributed by atoms with Gasteiger partial charge in [-0.1, -0.05) is 12.1 Å². The van der Waals surface area contributed by atoms with Gasteiger partial charge in [0, 0.05) is 38.2 Å². The first-order valence-electron chi connectivity index (χ1n) is 7.88. The highest BCUT2D eigenvalue weighted by molar-refractivity contribution is 5.58. The predicted octanol–water partition coefficient (Wildman–Crippen LogP) is 2.29. The van der Waals surface area contributed by atoms with Crippen LogP contribution in [0.4, 0.5) is 5.69 Å². The standard InChI is InChI=1S/C17H26N2O2/c1-19(15-5-3-4-6-16(15)20-2)12-17(9-10-21-13-17)11-18-14-7-8-14/h3-6,14,18H,7-13H2,1-2H3. The zero-order valence-corrected chi connectivity index (χ0v) is 13.1. The molecule has 0 spiro atoms. The highest BCUT2D eigenvalue weighted by Crippen LogP contribution is 2.34. The molecule has 1 saturated heterocycles. The number of ether oxygens (including phenoxy) is 2. The first-order valence-corrected chi connectivity index (χ1v) is 7.88. The molecular weight excluding hydrogens is 264 g/mol. The molecule has 1 heterocycles. The molecule has 1 aliphatic heterocycles. The minimum Gasteiger partial charge on any atom is -0.495 e. The second-order valence-corrected chi connectivity index (χ2v) is 6.49. The van der Waals surface area contributed by atoms with Crippen LogP contribution in [0, 0.1) is 5.41 Å². The van der Waals surface area contributed by atoms with E-state index in [9.17, 15) is 0 Å². The summed E-state index contributed by atoms with van der Waals surface area (Å²) in [6.45, 7) is 3.78. The van der Waals surface area contributed by atoms with Gasteiger partial charge in [0.05, 0.1) is 19.4 Å². The second kappa shape index (κ2) is 6.24. The lowest BCUT2D eigenvalue weighted by Crippen LogP contribution is -2.44. The fraction of sp³-hybridized carbons (Fsp3) is 0.647. The smallest absolute Gasteiger partial charge is 0.142 e. The van der Waals surface area contributed by atoms with E-state index in [1.54, 1.807) is 7.11 Å². The molecule has 21 heavy (non-hydrogen) atoms. The number of nitrogens with one attached hydrogen (secondary N) is 1. The van der Waals surface area contributed by atoms with Crippen molar-refractivity contribution in [2.75, 3.05) is 45.4 Å². The maximum Gasteiger partial charge on any atom is 0.142 e. The molecule has 0 aromatic heterocycles. The Morgan fingerprint density at radius 2 is 2.19 bits per heavy atom. The Balaban J connectivity index is 1.69. The first kappa shape index (κ1) is 14.7. The van der Waals surface area contributed by atoms with Gasteiger partial charge in [-0.15, -0.1) is 0 Å². The van der Waals surface area contributed by atoms with Crippen LogP contribution in [0.5, 0.6) is 5.75 Å². The van der Waals surface area contributed by atoms with Crippen LogP contribution in [-0.2, 0) is 4.74 Å². The number of anilines is 1. The molecule has 0 amide bonds. The van der Waals surface area contributed by atoms with Crippen LogP contribution in [0.15, 0.2) is 24.3 Å². The molecule has 1 N–H and O–H groups in total. The van der Waals surface area contributed by atoms with Gasteiger partial charge in [-0.2, -0.15) is 0 Å². The highest BCUT2D eigenvalue weighted by atomic mass is 16.5. The summed E-state index contributed by atoms with van der Waals surface area (Å²) in [5, 5.41) is 3.69. The van der Waals surface area contributed by atoms with E-state index in [2.05, 4.69) is 29.4 Å². The maximum atomic E-state index is 5.71. The Labute approximate surface area is 127 Å². The van der Waals surface area contributed by atoms with E-state index in [4.69, 9.17) is 9.47 Å². The van der Waals surface area contributed by atoms with Crippen molar-refractivity contribution in [2.45, 2.75) is 25.3 Å². The highest BCUT2D eigenvalue weighted by Gasteiger charge is 2.37. The van der Waals surface area contributed by atoms with Crippen LogP contribution in [0.25, 0.3) is 0 Å². The number of methoxy groups -OCH3 is 1. The molecule has 1 aliphatic carbocycles. The third-order valence-corrected chi connectivity index (χ3v) is 4.60. The van der Waals surface area contributed by atoms with E-state index in [0.29, 0.717) is 0 Å². The van der Waals surface area contributed by atoms with Gasteiger partial charge in [-0.05, 0) is 31.4 Å². The molecule has 116 valence electrons. The van der Waals surface area contributed by atoms with Crippen LogP contribution in [0.2, 0.25) is 0 Å². The molecule has 2 aliphatic rings. The Hall–Kier alpha value is -1.26. The lowest BCUT2D eigenvalue weighted by Gasteiger charge is -2.34. The van der Waals surface area contributed by atoms with Crippen LogP contribution < -0.4 is 15.0 Å². The summed E-state index contributed by atoms with van der Waals surface area (Å²) in [6, 6.07) is 8.97. The van der Waals surface area contributed by atoms with E-state index < -0.39 is 0 Å². The summed E-state index contributed by atoms with van der Waals surface area (Å²) in [6.07, 6.45) is 3.80. The zero-order chi connectivity index (χ0) is 14.7. The number of hydrogen-bond acceptors (Lipinski definition) is 4. The van der Waals surface area contributed by atoms with Crippen molar-refractivity contribution >= 4 is 5.69 Å². The van der Waals surface area contributed by atoms with Crippen molar-refractivity contribution in [2.24, 2.45) is 5.41 Å². The zero-order valence-electron chi connectivity index (χ0n) is 13.1. The quantitative estimate of drug-likeness (QED) is 0.835. The van der Waals surface area contributed by atoms with Crippen LogP contribution in [0.1, 0.15) is 19.3 Å². The summed E-state index contributed by atoms with van der Waals surface area (Å²) in [5.74, 6) is 0.934. The molecule has 4 heteroatoms. The fourth-order valence-corrected chi connectivity index (χ4v) is 3.15. The van der Waals surface area contributed by atoms with Gasteiger partial charge in [0.2, 0.25) is 0 Å². The van der Waals surface area contributed by atoms with Gasteiger partial charge >= 0.3 is 0 Å². The molecule has 1 atom stereocenters. The Kier molecular flexibility index (Phi) is 4.36. The molecule has 3 rings (SSSR count). The lowest BCUT2D eigenvalue weighted by atomic mass is 9.86. The van der Waals surface area contributed by atoms with Crippen molar-refractivity contribution in [1.82, 2.24) is 5.32 Å². The van der Waals surface area contributed by atoms with Gasteiger partial charge in [0.15, 0.2) is 0 Å². The fourth-order valence-electron chi connectivity index (χ4n) is 3.15. The van der Waals surface area contributed by atoms with Crippen molar-refractivity contribution in [3.05, 3.63) is 24.3 Å². The SMILES string of the molecule is COc1ccccc1N(C)CC1(CNC2CC2)CCOC1. The van der Waals surface area contributed by atoms with Crippen molar-refractivity contribution in [3.63, 3.8) is 0 Å². The van der Waals surface area contributed by atoms with Gasteiger partial charge in [-0.25, -0.2) is 0 Å². The van der Waals surface area contributed by atoms with Gasteiger partial charge in [0.1, 0.15) is 5.75 Å². The lowest BCUT2D eigenvalue weighted by molar-refractivity contribution is 0.152. The number of nitrogens with zero attached hydrogens (tertiary/aromatic N) is 1. The van der Waals surface area contributed by atoms with Crippen LogP contribution in [0.3, 0.4) is 0 Å². The molecule has 2 fully saturated rings. The Bertz CT molecular complexity index is 468. The van der Waals surface area contributed by atoms with Crippen LogP contribution >= 0.6 is 0 Å². The monoisotopic (exact) mass is 290 g/mol. The Morgan fingerprint density at radius 3 is 2.86 bits per heavy atom. The van der Waals surface area contributed by atoms with Crippen molar-refractivity contribution in [3.8, 4) is 5.75 Å². The average molecular weight is 290 g/mol. The van der Waals surface area contributed by atoms with E-state index in [0.717, 1.165) is 50.2 Å². The van der Waals surface area contributed by atoms with Crippen molar-refractivity contribution in [1.29, 1.82) is 0 Å². The van der Waals surface area contributed by atoms with Gasteiger partial charge < -0.3 is 19.7 Å². The molecule has 1 saturated carbocycles. The van der Waals surface area contributed by atoms with E-state index >= 15 is 0 Å². The summed E-state index contributed by atoms with van der Waals surface area (Å²) in [5.41, 5.74) is 1.37. The first-order chi connectivity index (χ1) is 10.2.